The molecular formula is C15H24BrN3OS. The lowest BCUT2D eigenvalue weighted by Gasteiger charge is -2.34. The molecular weight excluding hydrogens is 350 g/mol. The maximum absolute atomic E-state index is 11.8. The molecule has 1 N–H and O–H groups in total. The van der Waals surface area contributed by atoms with Crippen molar-refractivity contribution in [1.82, 2.24) is 15.1 Å². The first-order valence-corrected chi connectivity index (χ1v) is 9.09. The number of thiophene rings is 1. The van der Waals surface area contributed by atoms with Crippen LogP contribution < -0.4 is 5.32 Å². The Morgan fingerprint density at radius 2 is 1.95 bits per heavy atom. The van der Waals surface area contributed by atoms with Crippen molar-refractivity contribution >= 4 is 33.2 Å². The van der Waals surface area contributed by atoms with E-state index >= 15 is 0 Å². The topological polar surface area (TPSA) is 35.6 Å². The highest BCUT2D eigenvalue weighted by Crippen LogP contribution is 2.23. The second kappa shape index (κ2) is 8.27. The molecule has 1 aliphatic rings. The predicted molar refractivity (Wildman–Crippen MR) is 91.6 cm³/mol. The van der Waals surface area contributed by atoms with Crippen LogP contribution in [0.25, 0.3) is 0 Å². The summed E-state index contributed by atoms with van der Waals surface area (Å²) in [6.07, 6.45) is 0. The van der Waals surface area contributed by atoms with E-state index in [1.807, 2.05) is 0 Å². The molecule has 1 aliphatic heterocycles. The smallest absolute Gasteiger partial charge is 0.234 e. The number of carbonyl (C=O) groups is 1. The van der Waals surface area contributed by atoms with Crippen molar-refractivity contribution in [2.75, 3.05) is 39.3 Å². The Labute approximate surface area is 139 Å². The number of hydrogen-bond acceptors (Lipinski definition) is 4. The fraction of sp³-hybridized carbons (Fsp3) is 0.667. The minimum absolute atomic E-state index is 0.152. The fourth-order valence-corrected chi connectivity index (χ4v) is 3.87. The van der Waals surface area contributed by atoms with Crippen molar-refractivity contribution in [2.24, 2.45) is 5.92 Å². The molecule has 0 saturated carbocycles. The van der Waals surface area contributed by atoms with Crippen molar-refractivity contribution in [3.63, 3.8) is 0 Å². The average Bonchev–Trinajstić information content (AvgIpc) is 2.84. The lowest BCUT2D eigenvalue weighted by atomic mass is 10.2. The van der Waals surface area contributed by atoms with Crippen LogP contribution in [0.3, 0.4) is 0 Å². The van der Waals surface area contributed by atoms with Crippen LogP contribution in [-0.2, 0) is 11.3 Å². The highest BCUT2D eigenvalue weighted by molar-refractivity contribution is 9.11. The van der Waals surface area contributed by atoms with Gasteiger partial charge in [-0.25, -0.2) is 0 Å². The summed E-state index contributed by atoms with van der Waals surface area (Å²) in [6, 6.07) is 4.29. The Bertz CT molecular complexity index is 456. The summed E-state index contributed by atoms with van der Waals surface area (Å²) in [7, 11) is 0. The molecule has 0 aromatic carbocycles. The van der Waals surface area contributed by atoms with E-state index in [2.05, 4.69) is 57.0 Å². The summed E-state index contributed by atoms with van der Waals surface area (Å²) in [5, 5.41) is 2.99. The van der Waals surface area contributed by atoms with Gasteiger partial charge in [-0.05, 0) is 34.0 Å². The number of rotatable bonds is 6. The molecule has 0 radical (unpaired) electrons. The summed E-state index contributed by atoms with van der Waals surface area (Å²) in [5.41, 5.74) is 0. The normalized spacial score (nSPS) is 17.3. The summed E-state index contributed by atoms with van der Waals surface area (Å²) >= 11 is 5.31. The number of nitrogens with zero attached hydrogens (tertiary/aromatic N) is 2. The van der Waals surface area contributed by atoms with Gasteiger partial charge in [0, 0.05) is 44.1 Å². The van der Waals surface area contributed by atoms with Crippen molar-refractivity contribution < 1.29 is 4.79 Å². The van der Waals surface area contributed by atoms with E-state index in [4.69, 9.17) is 0 Å². The number of piperazine rings is 1. The Kier molecular flexibility index (Phi) is 6.67. The Morgan fingerprint density at radius 3 is 2.52 bits per heavy atom. The second-order valence-electron chi connectivity index (χ2n) is 5.96. The zero-order valence-corrected chi connectivity index (χ0v) is 15.2. The molecule has 2 rings (SSSR count). The SMILES string of the molecule is CC(C)CNC(=O)CN1CCN(Cc2ccc(Br)s2)CC1. The third-order valence-electron chi connectivity index (χ3n) is 3.55. The molecule has 6 heteroatoms. The van der Waals surface area contributed by atoms with Gasteiger partial charge in [0.15, 0.2) is 0 Å². The molecule has 0 unspecified atom stereocenters. The standard InChI is InChI=1S/C15H24BrN3OS/c1-12(2)9-17-15(20)11-19-7-5-18(6-8-19)10-13-3-4-14(16)21-13/h3-4,12H,5-11H2,1-2H3,(H,17,20). The van der Waals surface area contributed by atoms with Crippen molar-refractivity contribution in [3.05, 3.63) is 20.8 Å². The van der Waals surface area contributed by atoms with Crippen molar-refractivity contribution in [1.29, 1.82) is 0 Å². The number of nitrogens with one attached hydrogen (secondary N) is 1. The van der Waals surface area contributed by atoms with Crippen LogP contribution in [0.4, 0.5) is 0 Å². The van der Waals surface area contributed by atoms with Crippen LogP contribution in [0.15, 0.2) is 15.9 Å². The lowest BCUT2D eigenvalue weighted by Crippen LogP contribution is -2.49. The maximum atomic E-state index is 11.8. The monoisotopic (exact) mass is 373 g/mol. The van der Waals surface area contributed by atoms with E-state index in [-0.39, 0.29) is 5.91 Å². The fourth-order valence-electron chi connectivity index (χ4n) is 2.34. The van der Waals surface area contributed by atoms with Crippen LogP contribution in [-0.4, -0.2) is 55.0 Å². The summed E-state index contributed by atoms with van der Waals surface area (Å²) < 4.78 is 1.19. The van der Waals surface area contributed by atoms with Gasteiger partial charge in [0.2, 0.25) is 5.91 Å². The van der Waals surface area contributed by atoms with E-state index in [9.17, 15) is 4.79 Å². The number of hydrogen-bond donors (Lipinski definition) is 1. The first kappa shape index (κ1) is 16.9. The molecule has 118 valence electrons. The van der Waals surface area contributed by atoms with Gasteiger partial charge in [-0.3, -0.25) is 14.6 Å². The van der Waals surface area contributed by atoms with Gasteiger partial charge < -0.3 is 5.32 Å². The molecule has 2 heterocycles. The maximum Gasteiger partial charge on any atom is 0.234 e. The van der Waals surface area contributed by atoms with E-state index in [1.165, 1.54) is 8.66 Å². The van der Waals surface area contributed by atoms with E-state index in [1.54, 1.807) is 11.3 Å². The zero-order valence-electron chi connectivity index (χ0n) is 12.8. The van der Waals surface area contributed by atoms with E-state index < -0.39 is 0 Å². The van der Waals surface area contributed by atoms with Gasteiger partial charge in [-0.1, -0.05) is 13.8 Å². The van der Waals surface area contributed by atoms with Gasteiger partial charge in [0.25, 0.3) is 0 Å². The molecule has 21 heavy (non-hydrogen) atoms. The van der Waals surface area contributed by atoms with Crippen molar-refractivity contribution in [2.45, 2.75) is 20.4 Å². The van der Waals surface area contributed by atoms with Crippen LogP contribution in [0.2, 0.25) is 0 Å². The highest BCUT2D eigenvalue weighted by Gasteiger charge is 2.19. The third-order valence-corrected chi connectivity index (χ3v) is 5.16. The Morgan fingerprint density at radius 1 is 1.29 bits per heavy atom. The van der Waals surface area contributed by atoms with Crippen LogP contribution in [0, 0.1) is 5.92 Å². The Balaban J connectivity index is 1.67. The molecule has 0 atom stereocenters. The van der Waals surface area contributed by atoms with Crippen LogP contribution in [0.5, 0.6) is 0 Å². The molecule has 1 aromatic rings. The Hall–Kier alpha value is -0.430. The molecule has 1 amide bonds. The number of amides is 1. The average molecular weight is 374 g/mol. The quantitative estimate of drug-likeness (QED) is 0.831. The first-order chi connectivity index (χ1) is 10.0. The summed E-state index contributed by atoms with van der Waals surface area (Å²) in [4.78, 5) is 17.9. The summed E-state index contributed by atoms with van der Waals surface area (Å²) in [6.45, 7) is 10.6. The van der Waals surface area contributed by atoms with Crippen LogP contribution in [0.1, 0.15) is 18.7 Å². The van der Waals surface area contributed by atoms with Gasteiger partial charge >= 0.3 is 0 Å². The number of halogens is 1. The van der Waals surface area contributed by atoms with E-state index in [0.29, 0.717) is 12.5 Å². The minimum Gasteiger partial charge on any atom is -0.355 e. The molecule has 0 aliphatic carbocycles. The molecule has 1 saturated heterocycles. The van der Waals surface area contributed by atoms with Gasteiger partial charge in [0.05, 0.1) is 10.3 Å². The highest BCUT2D eigenvalue weighted by atomic mass is 79.9. The zero-order chi connectivity index (χ0) is 15.2. The van der Waals surface area contributed by atoms with E-state index in [0.717, 1.165) is 39.3 Å². The molecule has 4 nitrogen and oxygen atoms in total. The largest absolute Gasteiger partial charge is 0.355 e. The van der Waals surface area contributed by atoms with Crippen molar-refractivity contribution in [3.8, 4) is 0 Å². The van der Waals surface area contributed by atoms with Gasteiger partial charge in [-0.15, -0.1) is 11.3 Å². The second-order valence-corrected chi connectivity index (χ2v) is 8.50. The van der Waals surface area contributed by atoms with Gasteiger partial charge in [0.1, 0.15) is 0 Å². The first-order valence-electron chi connectivity index (χ1n) is 7.48. The lowest BCUT2D eigenvalue weighted by molar-refractivity contribution is -0.122. The van der Waals surface area contributed by atoms with Crippen LogP contribution >= 0.6 is 27.3 Å². The number of carbonyl (C=O) groups excluding carboxylic acids is 1. The predicted octanol–water partition coefficient (Wildman–Crippen LogP) is 2.40. The third kappa shape index (κ3) is 6.06. The minimum atomic E-state index is 0.152. The molecule has 1 fully saturated rings. The summed E-state index contributed by atoms with van der Waals surface area (Å²) in [5.74, 6) is 0.662. The van der Waals surface area contributed by atoms with Gasteiger partial charge in [-0.2, -0.15) is 0 Å². The molecule has 1 aromatic heterocycles. The molecule has 0 bridgehead atoms. The molecule has 0 spiro atoms.